The minimum Gasteiger partial charge on any atom is -0.502 e. The summed E-state index contributed by atoms with van der Waals surface area (Å²) in [5.74, 6) is -0.148. The van der Waals surface area contributed by atoms with Crippen molar-refractivity contribution in [3.8, 4) is 17.1 Å². The quantitative estimate of drug-likeness (QED) is 0.617. The Morgan fingerprint density at radius 1 is 1.08 bits per heavy atom. The number of anilines is 1. The Balaban J connectivity index is 2.10. The summed E-state index contributed by atoms with van der Waals surface area (Å²) in [7, 11) is 0. The van der Waals surface area contributed by atoms with Gasteiger partial charge in [-0.05, 0) is 55.8 Å². The number of fused-ring (bicyclic) bond motifs is 1. The van der Waals surface area contributed by atoms with Gasteiger partial charge in [-0.15, -0.1) is 0 Å². The normalized spacial score (nSPS) is 11.0. The molecule has 1 heterocycles. The summed E-state index contributed by atoms with van der Waals surface area (Å²) in [5.41, 5.74) is 2.79. The van der Waals surface area contributed by atoms with Crippen LogP contribution >= 0.6 is 15.9 Å². The van der Waals surface area contributed by atoms with Crippen molar-refractivity contribution >= 4 is 32.6 Å². The van der Waals surface area contributed by atoms with Crippen LogP contribution in [0.2, 0.25) is 0 Å². The lowest BCUT2D eigenvalue weighted by molar-refractivity contribution is 0.449. The molecule has 130 valence electrons. The van der Waals surface area contributed by atoms with Gasteiger partial charge < -0.3 is 14.4 Å². The zero-order valence-electron chi connectivity index (χ0n) is 14.3. The average molecular weight is 402 g/mol. The molecule has 0 bridgehead atoms. The Hall–Kier alpha value is -2.27. The van der Waals surface area contributed by atoms with Crippen LogP contribution in [0.3, 0.4) is 0 Å². The van der Waals surface area contributed by atoms with Crippen molar-refractivity contribution in [3.05, 3.63) is 58.3 Å². The van der Waals surface area contributed by atoms with Crippen molar-refractivity contribution in [3.63, 3.8) is 0 Å². The largest absolute Gasteiger partial charge is 0.502 e. The van der Waals surface area contributed by atoms with E-state index in [9.17, 15) is 9.90 Å². The highest BCUT2D eigenvalue weighted by Gasteiger charge is 2.16. The molecule has 4 nitrogen and oxygen atoms in total. The van der Waals surface area contributed by atoms with E-state index in [0.29, 0.717) is 21.9 Å². The molecule has 3 rings (SSSR count). The Morgan fingerprint density at radius 2 is 1.76 bits per heavy atom. The van der Waals surface area contributed by atoms with E-state index in [2.05, 4.69) is 34.7 Å². The molecule has 0 atom stereocenters. The highest BCUT2D eigenvalue weighted by atomic mass is 79.9. The van der Waals surface area contributed by atoms with Gasteiger partial charge in [0.15, 0.2) is 5.76 Å². The van der Waals surface area contributed by atoms with Gasteiger partial charge in [-0.25, -0.2) is 0 Å². The van der Waals surface area contributed by atoms with Crippen LogP contribution in [0.15, 0.2) is 51.7 Å². The molecule has 0 amide bonds. The number of alkyl halides is 1. The minimum atomic E-state index is -0.410. The van der Waals surface area contributed by atoms with Crippen molar-refractivity contribution in [2.45, 2.75) is 19.2 Å². The molecular weight excluding hydrogens is 382 g/mol. The topological polar surface area (TPSA) is 53.7 Å². The Labute approximate surface area is 154 Å². The average Bonchev–Trinajstić information content (AvgIpc) is 2.66. The van der Waals surface area contributed by atoms with Gasteiger partial charge in [-0.2, -0.15) is 0 Å². The molecule has 0 saturated heterocycles. The number of benzene rings is 2. The van der Waals surface area contributed by atoms with Gasteiger partial charge in [0.05, 0.1) is 5.39 Å². The van der Waals surface area contributed by atoms with Crippen molar-refractivity contribution in [1.82, 2.24) is 0 Å². The van der Waals surface area contributed by atoms with Crippen molar-refractivity contribution < 1.29 is 9.52 Å². The zero-order chi connectivity index (χ0) is 18.0. The van der Waals surface area contributed by atoms with Crippen molar-refractivity contribution in [1.29, 1.82) is 0 Å². The number of hydrogen-bond donors (Lipinski definition) is 1. The van der Waals surface area contributed by atoms with E-state index < -0.39 is 5.43 Å². The zero-order valence-corrected chi connectivity index (χ0v) is 15.8. The fraction of sp³-hybridized carbons (Fsp3) is 0.250. The predicted octanol–water partition coefficient (Wildman–Crippen LogP) is 4.91. The molecule has 0 aliphatic heterocycles. The van der Waals surface area contributed by atoms with E-state index in [-0.39, 0.29) is 11.5 Å². The number of hydrogen-bond acceptors (Lipinski definition) is 4. The van der Waals surface area contributed by atoms with E-state index in [4.69, 9.17) is 4.42 Å². The highest BCUT2D eigenvalue weighted by Crippen LogP contribution is 2.31. The van der Waals surface area contributed by atoms with E-state index in [1.807, 2.05) is 30.3 Å². The first kappa shape index (κ1) is 17.5. The molecule has 0 fully saturated rings. The van der Waals surface area contributed by atoms with Crippen molar-refractivity contribution in [2.24, 2.45) is 0 Å². The first-order valence-electron chi connectivity index (χ1n) is 8.29. The Bertz CT molecular complexity index is 944. The first-order chi connectivity index (χ1) is 12.1. The molecule has 0 unspecified atom stereocenters. The second-order valence-electron chi connectivity index (χ2n) is 5.79. The molecule has 3 aromatic rings. The number of nitrogens with zero attached hydrogens (tertiary/aromatic N) is 1. The van der Waals surface area contributed by atoms with Gasteiger partial charge in [0.1, 0.15) is 5.58 Å². The number of halogens is 1. The van der Waals surface area contributed by atoms with Crippen molar-refractivity contribution in [2.75, 3.05) is 18.0 Å². The number of aromatic hydroxyl groups is 1. The fourth-order valence-electron chi connectivity index (χ4n) is 2.92. The number of rotatable bonds is 5. The van der Waals surface area contributed by atoms with E-state index >= 15 is 0 Å². The monoisotopic (exact) mass is 401 g/mol. The van der Waals surface area contributed by atoms with Crippen LogP contribution in [0.4, 0.5) is 5.69 Å². The van der Waals surface area contributed by atoms with E-state index in [0.717, 1.165) is 24.3 Å². The molecule has 0 aliphatic rings. The molecule has 0 spiro atoms. The SMILES string of the molecule is CCN(CC)c1ccc(-c2oc3ccc(CBr)cc3c(=O)c2O)cc1. The first-order valence-corrected chi connectivity index (χ1v) is 9.41. The van der Waals surface area contributed by atoms with Gasteiger partial charge in [0, 0.05) is 29.7 Å². The molecule has 0 saturated carbocycles. The Morgan fingerprint density at radius 3 is 2.36 bits per heavy atom. The summed E-state index contributed by atoms with van der Waals surface area (Å²) in [6, 6.07) is 13.1. The highest BCUT2D eigenvalue weighted by molar-refractivity contribution is 9.08. The van der Waals surface area contributed by atoms with E-state index in [1.54, 1.807) is 12.1 Å². The summed E-state index contributed by atoms with van der Waals surface area (Å²) < 4.78 is 5.83. The molecule has 0 radical (unpaired) electrons. The van der Waals surface area contributed by atoms with Gasteiger partial charge in [-0.1, -0.05) is 22.0 Å². The summed E-state index contributed by atoms with van der Waals surface area (Å²) in [4.78, 5) is 14.7. The van der Waals surface area contributed by atoms with Crippen LogP contribution in [0.5, 0.6) is 5.75 Å². The minimum absolute atomic E-state index is 0.204. The lowest BCUT2D eigenvalue weighted by Gasteiger charge is -2.21. The maximum atomic E-state index is 12.5. The smallest absolute Gasteiger partial charge is 0.235 e. The molecule has 1 N–H and O–H groups in total. The van der Waals surface area contributed by atoms with E-state index in [1.165, 1.54) is 0 Å². The lowest BCUT2D eigenvalue weighted by atomic mass is 10.1. The van der Waals surface area contributed by atoms with Crippen LogP contribution in [0.25, 0.3) is 22.3 Å². The maximum absolute atomic E-state index is 12.5. The molecular formula is C20H20BrNO3. The van der Waals surface area contributed by atoms with Crippen LogP contribution in [0.1, 0.15) is 19.4 Å². The molecule has 1 aromatic heterocycles. The third-order valence-corrected chi connectivity index (χ3v) is 4.99. The summed E-state index contributed by atoms with van der Waals surface area (Å²) >= 11 is 3.37. The second kappa shape index (κ2) is 7.31. The molecule has 0 aliphatic carbocycles. The standard InChI is InChI=1S/C20H20BrNO3/c1-3-22(4-2)15-8-6-14(7-9-15)20-19(24)18(23)16-11-13(12-21)5-10-17(16)25-20/h5-11,24H,3-4,12H2,1-2H3. The predicted molar refractivity (Wildman–Crippen MR) is 106 cm³/mol. The maximum Gasteiger partial charge on any atom is 0.235 e. The molecule has 5 heteroatoms. The third-order valence-electron chi connectivity index (χ3n) is 4.34. The Kier molecular flexibility index (Phi) is 5.13. The molecule has 2 aromatic carbocycles. The van der Waals surface area contributed by atoms with Crippen LogP contribution in [0, 0.1) is 0 Å². The van der Waals surface area contributed by atoms with Gasteiger partial charge in [0.25, 0.3) is 0 Å². The summed E-state index contributed by atoms with van der Waals surface area (Å²) in [5, 5.41) is 11.4. The van der Waals surface area contributed by atoms with Crippen LogP contribution in [-0.4, -0.2) is 18.2 Å². The molecule has 25 heavy (non-hydrogen) atoms. The second-order valence-corrected chi connectivity index (χ2v) is 6.35. The van der Waals surface area contributed by atoms with Gasteiger partial charge >= 0.3 is 0 Å². The lowest BCUT2D eigenvalue weighted by Crippen LogP contribution is -2.21. The fourth-order valence-corrected chi connectivity index (χ4v) is 3.27. The van der Waals surface area contributed by atoms with Gasteiger partial charge in [-0.3, -0.25) is 4.79 Å². The third kappa shape index (κ3) is 3.29. The summed E-state index contributed by atoms with van der Waals surface area (Å²) in [6.45, 7) is 6.05. The summed E-state index contributed by atoms with van der Waals surface area (Å²) in [6.07, 6.45) is 0. The van der Waals surface area contributed by atoms with Crippen LogP contribution in [-0.2, 0) is 5.33 Å². The van der Waals surface area contributed by atoms with Crippen LogP contribution < -0.4 is 10.3 Å². The van der Waals surface area contributed by atoms with Gasteiger partial charge in [0.2, 0.25) is 11.2 Å².